The number of benzene rings is 2. The van der Waals surface area contributed by atoms with Crippen LogP contribution in [0.3, 0.4) is 0 Å². The second-order valence-electron chi connectivity index (χ2n) is 6.52. The Morgan fingerprint density at radius 1 is 1.08 bits per heavy atom. The van der Waals surface area contributed by atoms with Gasteiger partial charge in [-0.2, -0.15) is 0 Å². The number of nitrogens with zero attached hydrogens (tertiary/aromatic N) is 1. The number of aryl methyl sites for hydroxylation is 1. The van der Waals surface area contributed by atoms with E-state index in [-0.39, 0.29) is 6.54 Å². The molecule has 0 fully saturated rings. The molecule has 0 bridgehead atoms. The third-order valence-electron chi connectivity index (χ3n) is 5.29. The molecule has 2 heterocycles. The Balaban J connectivity index is 1.96. The van der Waals surface area contributed by atoms with E-state index in [4.69, 9.17) is 5.73 Å². The van der Waals surface area contributed by atoms with Gasteiger partial charge in [-0.3, -0.25) is 14.4 Å². The molecule has 2 aromatic carbocycles. The Kier molecular flexibility index (Phi) is 2.74. The molecule has 0 spiro atoms. The summed E-state index contributed by atoms with van der Waals surface area (Å²) in [7, 11) is 0. The minimum absolute atomic E-state index is 0.347. The smallest absolute Gasteiger partial charge is 0.269 e. The number of hydrogen-bond donors (Lipinski definition) is 2. The highest BCUT2D eigenvalue weighted by Gasteiger charge is 2.44. The number of amides is 3. The summed E-state index contributed by atoms with van der Waals surface area (Å²) in [5.74, 6) is -1.74. The molecule has 0 radical (unpaired) electrons. The van der Waals surface area contributed by atoms with E-state index in [2.05, 4.69) is 4.98 Å². The normalized spacial score (nSPS) is 16.1. The average Bonchev–Trinajstić information content (AvgIpc) is 3.29. The van der Waals surface area contributed by atoms with Gasteiger partial charge in [-0.1, -0.05) is 18.2 Å². The molecule has 1 aliphatic heterocycles. The van der Waals surface area contributed by atoms with E-state index >= 15 is 0 Å². The van der Waals surface area contributed by atoms with Crippen LogP contribution in [0.4, 0.5) is 0 Å². The first-order valence-corrected chi connectivity index (χ1v) is 8.33. The van der Waals surface area contributed by atoms with Crippen LogP contribution < -0.4 is 5.73 Å². The van der Waals surface area contributed by atoms with Crippen LogP contribution in [0.2, 0.25) is 0 Å². The largest absolute Gasteiger partial charge is 0.354 e. The zero-order valence-electron chi connectivity index (χ0n) is 13.4. The van der Waals surface area contributed by atoms with Crippen LogP contribution in [-0.4, -0.2) is 34.2 Å². The number of H-pyrrole nitrogens is 1. The van der Waals surface area contributed by atoms with Gasteiger partial charge in [0.2, 0.25) is 5.91 Å². The summed E-state index contributed by atoms with van der Waals surface area (Å²) in [6.07, 6.45) is 2.54. The number of aromatic nitrogens is 1. The lowest BCUT2D eigenvalue weighted by Gasteiger charge is -2.09. The lowest BCUT2D eigenvalue weighted by molar-refractivity contribution is -0.124. The van der Waals surface area contributed by atoms with Crippen molar-refractivity contribution in [3.63, 3.8) is 0 Å². The highest BCUT2D eigenvalue weighted by molar-refractivity contribution is 6.35. The monoisotopic (exact) mass is 333 g/mol. The number of aromatic amines is 1. The lowest BCUT2D eigenvalue weighted by Crippen LogP contribution is -2.40. The standard InChI is InChI=1S/C19H15N3O3/c20-8-13(23)22-18(24)15-9-5-3-6-10(9)17-14(16(15)19(22)25)11-4-1-2-7-12(11)21-17/h1-2,4,7,21H,3,5-6,8,20H2. The highest BCUT2D eigenvalue weighted by atomic mass is 16.2. The van der Waals surface area contributed by atoms with Gasteiger partial charge >= 0.3 is 0 Å². The molecule has 5 rings (SSSR count). The molecule has 1 aromatic heterocycles. The second-order valence-corrected chi connectivity index (χ2v) is 6.52. The maximum atomic E-state index is 13.0. The van der Waals surface area contributed by atoms with Crippen molar-refractivity contribution in [1.29, 1.82) is 0 Å². The Bertz CT molecular complexity index is 1130. The number of hydrogen-bond acceptors (Lipinski definition) is 4. The molecular weight excluding hydrogens is 318 g/mol. The van der Waals surface area contributed by atoms with Crippen LogP contribution in [-0.2, 0) is 17.6 Å². The molecule has 3 aromatic rings. The van der Waals surface area contributed by atoms with Crippen LogP contribution in [0.15, 0.2) is 24.3 Å². The quantitative estimate of drug-likeness (QED) is 0.665. The Labute approximate surface area is 142 Å². The van der Waals surface area contributed by atoms with Crippen molar-refractivity contribution in [3.05, 3.63) is 46.5 Å². The van der Waals surface area contributed by atoms with Gasteiger partial charge in [-0.25, -0.2) is 4.90 Å². The van der Waals surface area contributed by atoms with Crippen molar-refractivity contribution in [3.8, 4) is 0 Å². The van der Waals surface area contributed by atoms with E-state index in [9.17, 15) is 14.4 Å². The minimum atomic E-state index is -0.661. The number of para-hydroxylation sites is 1. The van der Waals surface area contributed by atoms with Gasteiger partial charge in [-0.15, -0.1) is 0 Å². The number of nitrogens with two attached hydrogens (primary N) is 1. The first kappa shape index (κ1) is 14.4. The molecule has 124 valence electrons. The highest BCUT2D eigenvalue weighted by Crippen LogP contribution is 2.42. The van der Waals surface area contributed by atoms with Crippen LogP contribution in [0.25, 0.3) is 21.8 Å². The fourth-order valence-corrected chi connectivity index (χ4v) is 4.28. The van der Waals surface area contributed by atoms with Crippen LogP contribution in [0.1, 0.15) is 38.3 Å². The third-order valence-corrected chi connectivity index (χ3v) is 5.29. The molecular formula is C19H15N3O3. The summed E-state index contributed by atoms with van der Waals surface area (Å²) in [4.78, 5) is 42.1. The lowest BCUT2D eigenvalue weighted by atomic mass is 9.94. The fraction of sp³-hybridized carbons (Fsp3) is 0.211. The zero-order chi connectivity index (χ0) is 17.3. The Morgan fingerprint density at radius 2 is 1.80 bits per heavy atom. The van der Waals surface area contributed by atoms with Crippen molar-refractivity contribution in [2.45, 2.75) is 19.3 Å². The maximum absolute atomic E-state index is 13.0. The predicted molar refractivity (Wildman–Crippen MR) is 92.4 cm³/mol. The second kappa shape index (κ2) is 4.77. The van der Waals surface area contributed by atoms with E-state index in [1.54, 1.807) is 0 Å². The van der Waals surface area contributed by atoms with Crippen LogP contribution in [0, 0.1) is 0 Å². The summed E-state index contributed by atoms with van der Waals surface area (Å²) in [5, 5.41) is 1.64. The van der Waals surface area contributed by atoms with Gasteiger partial charge in [0, 0.05) is 16.3 Å². The van der Waals surface area contributed by atoms with Crippen molar-refractivity contribution < 1.29 is 14.4 Å². The van der Waals surface area contributed by atoms with E-state index in [0.717, 1.165) is 52.2 Å². The van der Waals surface area contributed by atoms with Gasteiger partial charge in [0.25, 0.3) is 11.8 Å². The molecule has 25 heavy (non-hydrogen) atoms. The van der Waals surface area contributed by atoms with Gasteiger partial charge < -0.3 is 10.7 Å². The van der Waals surface area contributed by atoms with E-state index in [1.807, 2.05) is 24.3 Å². The predicted octanol–water partition coefficient (Wildman–Crippen LogP) is 1.89. The number of fused-ring (bicyclic) bond motifs is 8. The third kappa shape index (κ3) is 1.64. The van der Waals surface area contributed by atoms with Gasteiger partial charge in [0.15, 0.2) is 0 Å². The van der Waals surface area contributed by atoms with Crippen LogP contribution >= 0.6 is 0 Å². The molecule has 6 nitrogen and oxygen atoms in total. The van der Waals surface area contributed by atoms with Gasteiger partial charge in [0.05, 0.1) is 23.2 Å². The van der Waals surface area contributed by atoms with Crippen molar-refractivity contribution in [2.24, 2.45) is 5.73 Å². The summed E-state index contributed by atoms with van der Waals surface area (Å²) in [6, 6.07) is 7.71. The number of carbonyl (C=O) groups is 3. The van der Waals surface area contributed by atoms with Crippen molar-refractivity contribution in [1.82, 2.24) is 9.88 Å². The summed E-state index contributed by atoms with van der Waals surface area (Å²) < 4.78 is 0. The Morgan fingerprint density at radius 3 is 2.60 bits per heavy atom. The van der Waals surface area contributed by atoms with E-state index < -0.39 is 17.7 Å². The average molecular weight is 333 g/mol. The first-order valence-electron chi connectivity index (χ1n) is 8.33. The SMILES string of the molecule is NCC(=O)N1C(=O)c2c3c(c4[nH]c5ccccc5c4c2C1=O)CCC3. The fourth-order valence-electron chi connectivity index (χ4n) is 4.28. The van der Waals surface area contributed by atoms with E-state index in [0.29, 0.717) is 16.0 Å². The zero-order valence-corrected chi connectivity index (χ0v) is 13.4. The molecule has 2 aliphatic rings. The molecule has 0 unspecified atom stereocenters. The number of nitrogens with one attached hydrogen (secondary N) is 1. The van der Waals surface area contributed by atoms with Gasteiger partial charge in [-0.05, 0) is 36.5 Å². The summed E-state index contributed by atoms with van der Waals surface area (Å²) >= 11 is 0. The van der Waals surface area contributed by atoms with Gasteiger partial charge in [0.1, 0.15) is 0 Å². The molecule has 3 N–H and O–H groups in total. The maximum Gasteiger partial charge on any atom is 0.269 e. The topological polar surface area (TPSA) is 96.3 Å². The molecule has 6 heteroatoms. The minimum Gasteiger partial charge on any atom is -0.354 e. The number of carbonyl (C=O) groups excluding carboxylic acids is 3. The van der Waals surface area contributed by atoms with Crippen molar-refractivity contribution >= 4 is 39.5 Å². The van der Waals surface area contributed by atoms with Crippen molar-refractivity contribution in [2.75, 3.05) is 6.54 Å². The molecule has 0 saturated heterocycles. The summed E-state index contributed by atoms with van der Waals surface area (Å²) in [6.45, 7) is -0.370. The van der Waals surface area contributed by atoms with Crippen LogP contribution in [0.5, 0.6) is 0 Å². The molecule has 1 aliphatic carbocycles. The molecule has 0 saturated carbocycles. The molecule has 0 atom stereocenters. The Hall–Kier alpha value is -2.99. The van der Waals surface area contributed by atoms with E-state index in [1.165, 1.54) is 0 Å². The first-order chi connectivity index (χ1) is 12.1. The number of rotatable bonds is 1. The molecule has 3 amide bonds. The number of imide groups is 3. The summed E-state index contributed by atoms with van der Waals surface area (Å²) in [5.41, 5.74) is 9.98.